The zero-order valence-electron chi connectivity index (χ0n) is 7.80. The first kappa shape index (κ1) is 11.4. The van der Waals surface area contributed by atoms with Crippen LogP contribution in [0.1, 0.15) is 12.0 Å². The molecule has 14 heavy (non-hydrogen) atoms. The van der Waals surface area contributed by atoms with Crippen LogP contribution in [0.25, 0.3) is 0 Å². The first-order valence-corrected chi connectivity index (χ1v) is 4.83. The Hall–Kier alpha value is -0.640. The van der Waals surface area contributed by atoms with Crippen LogP contribution in [-0.4, -0.2) is 13.2 Å². The van der Waals surface area contributed by atoms with E-state index in [1.54, 1.807) is 0 Å². The van der Waals surface area contributed by atoms with Crippen LogP contribution in [0.15, 0.2) is 18.2 Å². The van der Waals surface area contributed by atoms with Gasteiger partial charge in [-0.1, -0.05) is 11.6 Å². The first-order chi connectivity index (χ1) is 6.74. The maximum Gasteiger partial charge on any atom is 0.123 e. The Labute approximate surface area is 87.8 Å². The summed E-state index contributed by atoms with van der Waals surface area (Å²) in [6, 6.07) is 4.23. The van der Waals surface area contributed by atoms with Crippen LogP contribution in [0.2, 0.25) is 5.02 Å². The van der Waals surface area contributed by atoms with E-state index < -0.39 is 0 Å². The van der Waals surface area contributed by atoms with Crippen LogP contribution in [0, 0.1) is 5.82 Å². The molecule has 1 rings (SSSR count). The number of halogens is 2. The van der Waals surface area contributed by atoms with Gasteiger partial charge in [-0.25, -0.2) is 4.39 Å². The average molecular weight is 218 g/mol. The van der Waals surface area contributed by atoms with Gasteiger partial charge in [0, 0.05) is 11.6 Å². The fourth-order valence-corrected chi connectivity index (χ4v) is 1.19. The van der Waals surface area contributed by atoms with Crippen molar-refractivity contribution in [2.75, 3.05) is 13.2 Å². The highest BCUT2D eigenvalue weighted by atomic mass is 35.5. The molecule has 0 fully saturated rings. The summed E-state index contributed by atoms with van der Waals surface area (Å²) in [5, 5.41) is 0.527. The van der Waals surface area contributed by atoms with Gasteiger partial charge in [-0.15, -0.1) is 0 Å². The molecule has 78 valence electrons. The van der Waals surface area contributed by atoms with Crippen LogP contribution < -0.4 is 5.73 Å². The third kappa shape index (κ3) is 3.62. The predicted molar refractivity (Wildman–Crippen MR) is 54.7 cm³/mol. The summed E-state index contributed by atoms with van der Waals surface area (Å²) in [5.74, 6) is -0.299. The average Bonchev–Trinajstić information content (AvgIpc) is 2.18. The maximum absolute atomic E-state index is 12.8. The molecule has 0 aliphatic heterocycles. The zero-order chi connectivity index (χ0) is 10.4. The molecule has 0 aromatic heterocycles. The molecule has 0 heterocycles. The minimum atomic E-state index is -0.299. The largest absolute Gasteiger partial charge is 0.377 e. The van der Waals surface area contributed by atoms with Gasteiger partial charge in [0.05, 0.1) is 6.61 Å². The van der Waals surface area contributed by atoms with E-state index >= 15 is 0 Å². The first-order valence-electron chi connectivity index (χ1n) is 4.46. The third-order valence-corrected chi connectivity index (χ3v) is 2.13. The third-order valence-electron chi connectivity index (χ3n) is 1.76. The molecule has 0 saturated carbocycles. The van der Waals surface area contributed by atoms with Gasteiger partial charge in [0.2, 0.25) is 0 Å². The number of nitrogens with two attached hydrogens (primary N) is 1. The monoisotopic (exact) mass is 217 g/mol. The van der Waals surface area contributed by atoms with Crippen molar-refractivity contribution in [2.45, 2.75) is 13.0 Å². The molecule has 1 aromatic carbocycles. The van der Waals surface area contributed by atoms with Crippen molar-refractivity contribution in [3.8, 4) is 0 Å². The summed E-state index contributed by atoms with van der Waals surface area (Å²) < 4.78 is 18.1. The second-order valence-corrected chi connectivity index (χ2v) is 3.34. The van der Waals surface area contributed by atoms with Gasteiger partial charge in [0.15, 0.2) is 0 Å². The molecule has 4 heteroatoms. The lowest BCUT2D eigenvalue weighted by Crippen LogP contribution is -2.04. The van der Waals surface area contributed by atoms with E-state index in [0.29, 0.717) is 30.3 Å². The lowest BCUT2D eigenvalue weighted by atomic mass is 10.2. The van der Waals surface area contributed by atoms with Gasteiger partial charge < -0.3 is 10.5 Å². The second-order valence-electron chi connectivity index (χ2n) is 2.93. The van der Waals surface area contributed by atoms with Crippen molar-refractivity contribution >= 4 is 11.6 Å². The molecule has 0 amide bonds. The molecular weight excluding hydrogens is 205 g/mol. The van der Waals surface area contributed by atoms with E-state index in [-0.39, 0.29) is 5.82 Å². The normalized spacial score (nSPS) is 10.5. The molecule has 0 unspecified atom stereocenters. The van der Waals surface area contributed by atoms with Crippen molar-refractivity contribution < 1.29 is 9.13 Å². The van der Waals surface area contributed by atoms with Gasteiger partial charge in [-0.2, -0.15) is 0 Å². The summed E-state index contributed by atoms with van der Waals surface area (Å²) in [4.78, 5) is 0. The van der Waals surface area contributed by atoms with E-state index in [4.69, 9.17) is 22.1 Å². The van der Waals surface area contributed by atoms with Crippen LogP contribution >= 0.6 is 11.6 Å². The van der Waals surface area contributed by atoms with Crippen molar-refractivity contribution in [1.29, 1.82) is 0 Å². The molecular formula is C10H13ClFNO. The maximum atomic E-state index is 12.8. The highest BCUT2D eigenvalue weighted by Crippen LogP contribution is 2.17. The highest BCUT2D eigenvalue weighted by molar-refractivity contribution is 6.31. The molecule has 0 aliphatic rings. The summed E-state index contributed by atoms with van der Waals surface area (Å²) in [6.07, 6.45) is 0.799. The standard InChI is InChI=1S/C10H13ClFNO/c11-10-3-2-9(12)6-8(10)7-14-5-1-4-13/h2-3,6H,1,4-5,7,13H2. The Morgan fingerprint density at radius 1 is 1.43 bits per heavy atom. The summed E-state index contributed by atoms with van der Waals surface area (Å²) in [5.41, 5.74) is 5.97. The Morgan fingerprint density at radius 2 is 2.21 bits per heavy atom. The number of benzene rings is 1. The fraction of sp³-hybridized carbons (Fsp3) is 0.400. The molecule has 0 saturated heterocycles. The quantitative estimate of drug-likeness (QED) is 0.769. The van der Waals surface area contributed by atoms with Crippen molar-refractivity contribution in [3.05, 3.63) is 34.6 Å². The molecule has 0 atom stereocenters. The van der Waals surface area contributed by atoms with Gasteiger partial charge in [-0.3, -0.25) is 0 Å². The van der Waals surface area contributed by atoms with Gasteiger partial charge >= 0.3 is 0 Å². The SMILES string of the molecule is NCCCOCc1cc(F)ccc1Cl. The number of rotatable bonds is 5. The zero-order valence-corrected chi connectivity index (χ0v) is 8.56. The molecule has 2 N–H and O–H groups in total. The summed E-state index contributed by atoms with van der Waals surface area (Å²) in [7, 11) is 0. The Balaban J connectivity index is 2.45. The van der Waals surface area contributed by atoms with E-state index in [9.17, 15) is 4.39 Å². The van der Waals surface area contributed by atoms with Crippen molar-refractivity contribution in [1.82, 2.24) is 0 Å². The molecule has 0 aliphatic carbocycles. The topological polar surface area (TPSA) is 35.2 Å². The Morgan fingerprint density at radius 3 is 2.93 bits per heavy atom. The van der Waals surface area contributed by atoms with E-state index in [1.165, 1.54) is 18.2 Å². The lowest BCUT2D eigenvalue weighted by Gasteiger charge is -2.05. The molecule has 0 spiro atoms. The smallest absolute Gasteiger partial charge is 0.123 e. The van der Waals surface area contributed by atoms with Crippen molar-refractivity contribution in [3.63, 3.8) is 0 Å². The van der Waals surface area contributed by atoms with Gasteiger partial charge in [-0.05, 0) is 36.7 Å². The van der Waals surface area contributed by atoms with Crippen LogP contribution in [0.3, 0.4) is 0 Å². The van der Waals surface area contributed by atoms with E-state index in [1.807, 2.05) is 0 Å². The minimum absolute atomic E-state index is 0.299. The van der Waals surface area contributed by atoms with Crippen LogP contribution in [-0.2, 0) is 11.3 Å². The summed E-state index contributed by atoms with van der Waals surface area (Å²) in [6.45, 7) is 1.50. The predicted octanol–water partition coefficient (Wildman–Crippen LogP) is 2.34. The minimum Gasteiger partial charge on any atom is -0.377 e. The van der Waals surface area contributed by atoms with Crippen LogP contribution in [0.5, 0.6) is 0 Å². The van der Waals surface area contributed by atoms with Crippen molar-refractivity contribution in [2.24, 2.45) is 5.73 Å². The molecule has 0 radical (unpaired) electrons. The van der Waals surface area contributed by atoms with E-state index in [0.717, 1.165) is 6.42 Å². The second kappa shape index (κ2) is 5.96. The van der Waals surface area contributed by atoms with Gasteiger partial charge in [0.25, 0.3) is 0 Å². The van der Waals surface area contributed by atoms with E-state index in [2.05, 4.69) is 0 Å². The number of hydrogen-bond acceptors (Lipinski definition) is 2. The molecule has 1 aromatic rings. The van der Waals surface area contributed by atoms with Gasteiger partial charge in [0.1, 0.15) is 5.82 Å². The molecule has 0 bridgehead atoms. The highest BCUT2D eigenvalue weighted by Gasteiger charge is 2.01. The Kier molecular flexibility index (Phi) is 4.87. The molecule has 2 nitrogen and oxygen atoms in total. The fourth-order valence-electron chi connectivity index (χ4n) is 1.02. The number of ether oxygens (including phenoxy) is 1. The lowest BCUT2D eigenvalue weighted by molar-refractivity contribution is 0.120. The number of hydrogen-bond donors (Lipinski definition) is 1. The van der Waals surface area contributed by atoms with Crippen LogP contribution in [0.4, 0.5) is 4.39 Å². The Bertz CT molecular complexity index is 293. The summed E-state index contributed by atoms with van der Waals surface area (Å²) >= 11 is 5.84.